The summed E-state index contributed by atoms with van der Waals surface area (Å²) in [5, 5.41) is 13.1. The van der Waals surface area contributed by atoms with E-state index in [1.807, 2.05) is 11.4 Å². The van der Waals surface area contributed by atoms with E-state index in [2.05, 4.69) is 5.32 Å². The number of carbonyl (C=O) groups excluding carboxylic acids is 1. The minimum atomic E-state index is -0.774. The van der Waals surface area contributed by atoms with Crippen LogP contribution in [0.4, 0.5) is 0 Å². The van der Waals surface area contributed by atoms with Crippen molar-refractivity contribution in [3.63, 3.8) is 0 Å². The molecule has 0 aliphatic heterocycles. The molecule has 1 heterocycles. The van der Waals surface area contributed by atoms with Crippen LogP contribution in [0, 0.1) is 0 Å². The summed E-state index contributed by atoms with van der Waals surface area (Å²) in [5.41, 5.74) is 0. The second-order valence-corrected chi connectivity index (χ2v) is 6.67. The monoisotopic (exact) mass is 291 g/mol. The van der Waals surface area contributed by atoms with E-state index in [0.717, 1.165) is 5.75 Å². The zero-order valence-electron chi connectivity index (χ0n) is 9.05. The molecule has 4 nitrogen and oxygen atoms in total. The first-order chi connectivity index (χ1) is 8.20. The highest BCUT2D eigenvalue weighted by Gasteiger charge is 2.04. The molecule has 2 N–H and O–H groups in total. The molecule has 0 spiro atoms. The van der Waals surface area contributed by atoms with E-state index < -0.39 is 5.97 Å². The van der Waals surface area contributed by atoms with Crippen molar-refractivity contribution in [2.75, 3.05) is 18.1 Å². The maximum atomic E-state index is 11.5. The molecule has 1 amide bonds. The molecule has 0 unspecified atom stereocenters. The SMILES string of the molecule is O=C(O)CCSSCCNC(=O)c1cccs1. The van der Waals surface area contributed by atoms with Gasteiger partial charge in [0.1, 0.15) is 0 Å². The van der Waals surface area contributed by atoms with Crippen molar-refractivity contribution in [1.29, 1.82) is 0 Å². The molecule has 0 saturated carbocycles. The summed E-state index contributed by atoms with van der Waals surface area (Å²) in [6, 6.07) is 3.63. The molecular formula is C10H13NO3S3. The second-order valence-electron chi connectivity index (χ2n) is 3.02. The summed E-state index contributed by atoms with van der Waals surface area (Å²) in [7, 11) is 3.09. The first kappa shape index (κ1) is 14.4. The Morgan fingerprint density at radius 1 is 1.35 bits per heavy atom. The molecule has 0 radical (unpaired) electrons. The minimum absolute atomic E-state index is 0.0452. The third-order valence-corrected chi connectivity index (χ3v) is 4.98. The smallest absolute Gasteiger partial charge is 0.304 e. The van der Waals surface area contributed by atoms with Gasteiger partial charge in [-0.05, 0) is 11.4 Å². The molecule has 1 aromatic rings. The van der Waals surface area contributed by atoms with Gasteiger partial charge in [0.2, 0.25) is 0 Å². The van der Waals surface area contributed by atoms with Crippen LogP contribution in [0.15, 0.2) is 17.5 Å². The number of carbonyl (C=O) groups is 2. The van der Waals surface area contributed by atoms with Gasteiger partial charge in [-0.25, -0.2) is 0 Å². The van der Waals surface area contributed by atoms with Gasteiger partial charge < -0.3 is 10.4 Å². The number of carboxylic acid groups (broad SMARTS) is 1. The molecule has 0 bridgehead atoms. The zero-order chi connectivity index (χ0) is 12.5. The van der Waals surface area contributed by atoms with Gasteiger partial charge in [-0.15, -0.1) is 11.3 Å². The maximum Gasteiger partial charge on any atom is 0.304 e. The normalized spacial score (nSPS) is 10.1. The van der Waals surface area contributed by atoms with Crippen molar-refractivity contribution in [2.45, 2.75) is 6.42 Å². The molecule has 1 aromatic heterocycles. The standard InChI is InChI=1S/C10H13NO3S3/c12-9(13)3-6-16-17-7-4-11-10(14)8-2-1-5-15-8/h1-2,5H,3-4,6-7H2,(H,11,14)(H,12,13). The van der Waals surface area contributed by atoms with Crippen LogP contribution in [0.2, 0.25) is 0 Å². The Kier molecular flexibility index (Phi) is 7.14. The van der Waals surface area contributed by atoms with Crippen molar-refractivity contribution < 1.29 is 14.7 Å². The highest BCUT2D eigenvalue weighted by molar-refractivity contribution is 8.76. The third-order valence-electron chi connectivity index (χ3n) is 1.70. The summed E-state index contributed by atoms with van der Waals surface area (Å²) in [6.45, 7) is 0.599. The van der Waals surface area contributed by atoms with E-state index in [-0.39, 0.29) is 12.3 Å². The number of amides is 1. The Hall–Kier alpha value is -0.660. The number of hydrogen-bond donors (Lipinski definition) is 2. The van der Waals surface area contributed by atoms with Crippen LogP contribution in [0.1, 0.15) is 16.1 Å². The third kappa shape index (κ3) is 6.60. The summed E-state index contributed by atoms with van der Waals surface area (Å²) in [4.78, 5) is 22.4. The van der Waals surface area contributed by atoms with Crippen LogP contribution in [0.25, 0.3) is 0 Å². The fraction of sp³-hybridized carbons (Fsp3) is 0.400. The lowest BCUT2D eigenvalue weighted by molar-refractivity contribution is -0.136. The lowest BCUT2D eigenvalue weighted by Gasteiger charge is -2.02. The minimum Gasteiger partial charge on any atom is -0.481 e. The number of rotatable bonds is 8. The van der Waals surface area contributed by atoms with Gasteiger partial charge in [-0.1, -0.05) is 27.7 Å². The predicted molar refractivity (Wildman–Crippen MR) is 73.8 cm³/mol. The largest absolute Gasteiger partial charge is 0.481 e. The van der Waals surface area contributed by atoms with Crippen molar-refractivity contribution in [2.24, 2.45) is 0 Å². The van der Waals surface area contributed by atoms with Crippen LogP contribution in [-0.2, 0) is 4.79 Å². The van der Waals surface area contributed by atoms with Gasteiger partial charge in [-0.2, -0.15) is 0 Å². The van der Waals surface area contributed by atoms with Gasteiger partial charge in [0.05, 0.1) is 11.3 Å². The Morgan fingerprint density at radius 2 is 2.12 bits per heavy atom. The van der Waals surface area contributed by atoms with Crippen LogP contribution < -0.4 is 5.32 Å². The highest BCUT2D eigenvalue weighted by atomic mass is 33.1. The zero-order valence-corrected chi connectivity index (χ0v) is 11.5. The average Bonchev–Trinajstić information content (AvgIpc) is 2.80. The van der Waals surface area contributed by atoms with E-state index >= 15 is 0 Å². The molecule has 1 rings (SSSR count). The second kappa shape index (κ2) is 8.43. The summed E-state index contributed by atoms with van der Waals surface area (Å²) >= 11 is 1.42. The lowest BCUT2D eigenvalue weighted by Crippen LogP contribution is -2.24. The molecule has 7 heteroatoms. The van der Waals surface area contributed by atoms with Crippen molar-refractivity contribution >= 4 is 44.8 Å². The average molecular weight is 291 g/mol. The number of carboxylic acids is 1. The molecule has 0 aliphatic carbocycles. The van der Waals surface area contributed by atoms with Crippen LogP contribution in [0.5, 0.6) is 0 Å². The number of aliphatic carboxylic acids is 1. The summed E-state index contributed by atoms with van der Waals surface area (Å²) < 4.78 is 0. The van der Waals surface area contributed by atoms with Gasteiger partial charge in [0, 0.05) is 18.1 Å². The molecule has 17 heavy (non-hydrogen) atoms. The fourth-order valence-corrected chi connectivity index (χ4v) is 3.47. The summed E-state index contributed by atoms with van der Waals surface area (Å²) in [5.74, 6) is 0.556. The molecule has 94 valence electrons. The fourth-order valence-electron chi connectivity index (χ4n) is 0.948. The van der Waals surface area contributed by atoms with Crippen LogP contribution in [-0.4, -0.2) is 35.0 Å². The van der Waals surface area contributed by atoms with Crippen molar-refractivity contribution in [3.8, 4) is 0 Å². The molecule has 0 aromatic carbocycles. The maximum absolute atomic E-state index is 11.5. The Labute approximate surface area is 112 Å². The molecule has 0 saturated heterocycles. The van der Waals surface area contributed by atoms with Gasteiger partial charge in [0.25, 0.3) is 5.91 Å². The number of thiophene rings is 1. The van der Waals surface area contributed by atoms with Gasteiger partial charge >= 0.3 is 5.97 Å². The Morgan fingerprint density at radius 3 is 2.76 bits per heavy atom. The van der Waals surface area contributed by atoms with Gasteiger partial charge in [0.15, 0.2) is 0 Å². The number of hydrogen-bond acceptors (Lipinski definition) is 5. The van der Waals surface area contributed by atoms with E-state index in [9.17, 15) is 9.59 Å². The topological polar surface area (TPSA) is 66.4 Å². The quantitative estimate of drug-likeness (QED) is 0.568. The van der Waals surface area contributed by atoms with E-state index in [1.165, 1.54) is 22.1 Å². The summed E-state index contributed by atoms with van der Waals surface area (Å²) in [6.07, 6.45) is 0.180. The van der Waals surface area contributed by atoms with E-state index in [4.69, 9.17) is 5.11 Å². The molecular weight excluding hydrogens is 278 g/mol. The van der Waals surface area contributed by atoms with E-state index in [0.29, 0.717) is 17.2 Å². The first-order valence-corrected chi connectivity index (χ1v) is 8.35. The Balaban J connectivity index is 1.97. The van der Waals surface area contributed by atoms with E-state index in [1.54, 1.807) is 16.9 Å². The Bertz CT molecular complexity index is 354. The van der Waals surface area contributed by atoms with Gasteiger partial charge in [-0.3, -0.25) is 9.59 Å². The first-order valence-electron chi connectivity index (χ1n) is 4.98. The van der Waals surface area contributed by atoms with Crippen molar-refractivity contribution in [1.82, 2.24) is 5.32 Å². The predicted octanol–water partition coefficient (Wildman–Crippen LogP) is 2.33. The lowest BCUT2D eigenvalue weighted by atomic mass is 10.4. The molecule has 0 aliphatic rings. The van der Waals surface area contributed by atoms with Crippen molar-refractivity contribution in [3.05, 3.63) is 22.4 Å². The number of nitrogens with one attached hydrogen (secondary N) is 1. The molecule has 0 atom stereocenters. The molecule has 0 fully saturated rings. The van der Waals surface area contributed by atoms with Crippen LogP contribution >= 0.6 is 32.9 Å². The van der Waals surface area contributed by atoms with Crippen LogP contribution in [0.3, 0.4) is 0 Å². The highest BCUT2D eigenvalue weighted by Crippen LogP contribution is 2.21.